The summed E-state index contributed by atoms with van der Waals surface area (Å²) in [6.07, 6.45) is 0. The number of aliphatic hydroxyl groups is 1. The van der Waals surface area contributed by atoms with Crippen LogP contribution in [-0.4, -0.2) is 20.1 Å². The van der Waals surface area contributed by atoms with Gasteiger partial charge < -0.3 is 5.11 Å². The fourth-order valence-corrected chi connectivity index (χ4v) is 4.34. The topological polar surface area (TPSA) is 66.4 Å². The summed E-state index contributed by atoms with van der Waals surface area (Å²) >= 11 is 0. The van der Waals surface area contributed by atoms with E-state index in [1.54, 1.807) is 19.1 Å². The van der Waals surface area contributed by atoms with E-state index in [0.29, 0.717) is 5.56 Å². The van der Waals surface area contributed by atoms with E-state index in [1.807, 2.05) is 66.7 Å². The summed E-state index contributed by atoms with van der Waals surface area (Å²) in [6.45, 7) is 7.72. The minimum Gasteiger partial charge on any atom is -0.384 e. The first-order valence-corrected chi connectivity index (χ1v) is 11.5. The van der Waals surface area contributed by atoms with Gasteiger partial charge in [-0.1, -0.05) is 87.5 Å². The Morgan fingerprint density at radius 3 is 1.77 bits per heavy atom. The maximum atomic E-state index is 12.7. The minimum atomic E-state index is -3.72. The number of hydrogen-bond donors (Lipinski definition) is 2. The van der Waals surface area contributed by atoms with Crippen LogP contribution in [0.3, 0.4) is 0 Å². The van der Waals surface area contributed by atoms with Gasteiger partial charge in [-0.2, -0.15) is 0 Å². The third-order valence-electron chi connectivity index (χ3n) is 5.25. The summed E-state index contributed by atoms with van der Waals surface area (Å²) in [4.78, 5) is 0.186. The Kier molecular flexibility index (Phi) is 6.18. The molecule has 0 aliphatic carbocycles. The molecule has 158 valence electrons. The molecule has 0 saturated heterocycles. The molecule has 5 heteroatoms. The van der Waals surface area contributed by atoms with Crippen LogP contribution in [0, 0.1) is 0 Å². The van der Waals surface area contributed by atoms with E-state index >= 15 is 0 Å². The van der Waals surface area contributed by atoms with Crippen LogP contribution in [0.1, 0.15) is 38.8 Å². The average molecular weight is 424 g/mol. The SMILES string of the molecule is CC(C)(C)c1ccc(S(=O)(=O)NCC(C)(O)c2ccc(-c3ccccc3)cc2)cc1. The van der Waals surface area contributed by atoms with Crippen molar-refractivity contribution < 1.29 is 13.5 Å². The van der Waals surface area contributed by atoms with Crippen molar-refractivity contribution in [2.75, 3.05) is 6.54 Å². The van der Waals surface area contributed by atoms with E-state index < -0.39 is 15.6 Å². The quantitative estimate of drug-likeness (QED) is 0.596. The van der Waals surface area contributed by atoms with Crippen molar-refractivity contribution in [3.63, 3.8) is 0 Å². The number of hydrogen-bond acceptors (Lipinski definition) is 3. The Labute approximate surface area is 179 Å². The van der Waals surface area contributed by atoms with Gasteiger partial charge in [0.05, 0.1) is 4.90 Å². The Balaban J connectivity index is 1.72. The lowest BCUT2D eigenvalue weighted by molar-refractivity contribution is 0.0627. The van der Waals surface area contributed by atoms with Crippen LogP contribution in [0.25, 0.3) is 11.1 Å². The zero-order valence-electron chi connectivity index (χ0n) is 17.9. The smallest absolute Gasteiger partial charge is 0.240 e. The lowest BCUT2D eigenvalue weighted by atomic mass is 9.87. The van der Waals surface area contributed by atoms with E-state index in [2.05, 4.69) is 25.5 Å². The Morgan fingerprint density at radius 2 is 1.23 bits per heavy atom. The minimum absolute atomic E-state index is 0.0503. The van der Waals surface area contributed by atoms with E-state index in [9.17, 15) is 13.5 Å². The molecule has 0 aliphatic heterocycles. The molecule has 3 rings (SSSR count). The van der Waals surface area contributed by atoms with Crippen molar-refractivity contribution in [2.24, 2.45) is 0 Å². The molecule has 3 aromatic rings. The molecule has 0 heterocycles. The van der Waals surface area contributed by atoms with Gasteiger partial charge in [-0.05, 0) is 46.7 Å². The van der Waals surface area contributed by atoms with Gasteiger partial charge in [0.2, 0.25) is 10.0 Å². The Morgan fingerprint density at radius 1 is 0.733 bits per heavy atom. The molecule has 3 aromatic carbocycles. The first-order valence-electron chi connectivity index (χ1n) is 9.98. The van der Waals surface area contributed by atoms with E-state index in [4.69, 9.17) is 0 Å². The summed E-state index contributed by atoms with van der Waals surface area (Å²) in [6, 6.07) is 24.3. The average Bonchev–Trinajstić information content (AvgIpc) is 2.73. The predicted octanol–water partition coefficient (Wildman–Crippen LogP) is 4.84. The summed E-state index contributed by atoms with van der Waals surface area (Å²) < 4.78 is 27.9. The standard InChI is InChI=1S/C25H29NO3S/c1-24(2,3)21-14-16-23(17-15-21)30(28,29)26-18-25(4,27)22-12-10-20(11-13-22)19-8-6-5-7-9-19/h5-17,26-27H,18H2,1-4H3. The second kappa shape index (κ2) is 8.34. The van der Waals surface area contributed by atoms with Gasteiger partial charge in [0.15, 0.2) is 0 Å². The molecule has 4 nitrogen and oxygen atoms in total. The molecular formula is C25H29NO3S. The van der Waals surface area contributed by atoms with Gasteiger partial charge in [-0.3, -0.25) is 0 Å². The zero-order valence-corrected chi connectivity index (χ0v) is 18.7. The third kappa shape index (κ3) is 5.17. The highest BCUT2D eigenvalue weighted by Gasteiger charge is 2.26. The second-order valence-electron chi connectivity index (χ2n) is 8.82. The van der Waals surface area contributed by atoms with Crippen molar-refractivity contribution in [2.45, 2.75) is 43.6 Å². The van der Waals surface area contributed by atoms with Crippen LogP contribution in [0.4, 0.5) is 0 Å². The highest BCUT2D eigenvalue weighted by Crippen LogP contribution is 2.26. The molecule has 30 heavy (non-hydrogen) atoms. The molecule has 0 spiro atoms. The third-order valence-corrected chi connectivity index (χ3v) is 6.67. The first-order chi connectivity index (χ1) is 14.0. The normalized spacial score (nSPS) is 14.3. The van der Waals surface area contributed by atoms with Crippen LogP contribution < -0.4 is 4.72 Å². The van der Waals surface area contributed by atoms with Gasteiger partial charge in [-0.15, -0.1) is 0 Å². The maximum Gasteiger partial charge on any atom is 0.240 e. The number of nitrogens with one attached hydrogen (secondary N) is 1. The highest BCUT2D eigenvalue weighted by atomic mass is 32.2. The largest absolute Gasteiger partial charge is 0.384 e. The van der Waals surface area contributed by atoms with Crippen molar-refractivity contribution >= 4 is 10.0 Å². The highest BCUT2D eigenvalue weighted by molar-refractivity contribution is 7.89. The fraction of sp³-hybridized carbons (Fsp3) is 0.280. The van der Waals surface area contributed by atoms with E-state index in [1.165, 1.54) is 0 Å². The van der Waals surface area contributed by atoms with Gasteiger partial charge in [0.25, 0.3) is 0 Å². The molecule has 0 fully saturated rings. The second-order valence-corrected chi connectivity index (χ2v) is 10.6. The van der Waals surface area contributed by atoms with E-state index in [-0.39, 0.29) is 16.9 Å². The monoisotopic (exact) mass is 423 g/mol. The fourth-order valence-electron chi connectivity index (χ4n) is 3.21. The Hall–Kier alpha value is -2.47. The molecule has 0 radical (unpaired) electrons. The number of sulfonamides is 1. The van der Waals surface area contributed by atoms with Crippen molar-refractivity contribution in [1.82, 2.24) is 4.72 Å². The van der Waals surface area contributed by atoms with Crippen LogP contribution in [0.5, 0.6) is 0 Å². The van der Waals surface area contributed by atoms with Gasteiger partial charge in [0, 0.05) is 6.54 Å². The van der Waals surface area contributed by atoms with Crippen LogP contribution in [-0.2, 0) is 21.0 Å². The van der Waals surface area contributed by atoms with Gasteiger partial charge in [0.1, 0.15) is 5.60 Å². The molecule has 0 aliphatic rings. The molecule has 1 atom stereocenters. The number of rotatable bonds is 6. The first kappa shape index (κ1) is 22.2. The summed E-state index contributed by atoms with van der Waals surface area (Å²) in [7, 11) is -3.72. The summed E-state index contributed by atoms with van der Waals surface area (Å²) in [5.74, 6) is 0. The molecule has 1 unspecified atom stereocenters. The lowest BCUT2D eigenvalue weighted by Crippen LogP contribution is -2.38. The molecule has 0 saturated carbocycles. The zero-order chi connectivity index (χ0) is 22.0. The molecule has 0 amide bonds. The van der Waals surface area contributed by atoms with E-state index in [0.717, 1.165) is 16.7 Å². The van der Waals surface area contributed by atoms with Crippen LogP contribution in [0.15, 0.2) is 83.8 Å². The van der Waals surface area contributed by atoms with Crippen molar-refractivity contribution in [3.05, 3.63) is 90.0 Å². The lowest BCUT2D eigenvalue weighted by Gasteiger charge is -2.25. The predicted molar refractivity (Wildman–Crippen MR) is 122 cm³/mol. The van der Waals surface area contributed by atoms with Crippen molar-refractivity contribution in [1.29, 1.82) is 0 Å². The molecule has 2 N–H and O–H groups in total. The maximum absolute atomic E-state index is 12.7. The van der Waals surface area contributed by atoms with Crippen LogP contribution >= 0.6 is 0 Å². The molecule has 0 aromatic heterocycles. The van der Waals surface area contributed by atoms with Crippen molar-refractivity contribution in [3.8, 4) is 11.1 Å². The summed E-state index contributed by atoms with van der Waals surface area (Å²) in [5.41, 5.74) is 2.44. The number of benzene rings is 3. The van der Waals surface area contributed by atoms with Gasteiger partial charge >= 0.3 is 0 Å². The molecule has 0 bridgehead atoms. The molecular weight excluding hydrogens is 394 g/mol. The van der Waals surface area contributed by atoms with Gasteiger partial charge in [-0.25, -0.2) is 13.1 Å². The van der Waals surface area contributed by atoms with Crippen LogP contribution in [0.2, 0.25) is 0 Å². The summed E-state index contributed by atoms with van der Waals surface area (Å²) in [5, 5.41) is 10.9. The Bertz CT molecular complexity index is 1080.